The topological polar surface area (TPSA) is 74.5 Å². The van der Waals surface area contributed by atoms with Gasteiger partial charge in [0, 0.05) is 0 Å². The molecule has 0 aliphatic rings. The van der Waals surface area contributed by atoms with E-state index in [-0.39, 0.29) is 33.4 Å². The number of aromatic nitrogens is 1. The lowest BCUT2D eigenvalue weighted by molar-refractivity contribution is -0.385. The van der Waals surface area contributed by atoms with E-state index in [2.05, 4.69) is 4.98 Å². The molecule has 0 amide bonds. The highest BCUT2D eigenvalue weighted by Crippen LogP contribution is 2.36. The second-order valence-corrected chi connectivity index (χ2v) is 5.19. The standard InChI is InChI=1S/C11H8Cl2N2O4S/c1-18-8-3-2-6(4-7(8)15(16)17)19-11-14-10(13)9(5-12)20-11/h2-4H,5H2,1H3. The quantitative estimate of drug-likeness (QED) is 0.464. The molecule has 1 heterocycles. The number of ether oxygens (including phenoxy) is 2. The Morgan fingerprint density at radius 3 is 2.80 bits per heavy atom. The van der Waals surface area contributed by atoms with E-state index in [9.17, 15) is 10.1 Å². The van der Waals surface area contributed by atoms with Crippen molar-refractivity contribution in [2.45, 2.75) is 5.88 Å². The second kappa shape index (κ2) is 6.25. The lowest BCUT2D eigenvalue weighted by Gasteiger charge is -2.04. The zero-order valence-electron chi connectivity index (χ0n) is 10.1. The maximum atomic E-state index is 10.9. The van der Waals surface area contributed by atoms with Crippen molar-refractivity contribution in [2.75, 3.05) is 7.11 Å². The van der Waals surface area contributed by atoms with E-state index in [4.69, 9.17) is 32.7 Å². The number of hydrogen-bond acceptors (Lipinski definition) is 6. The summed E-state index contributed by atoms with van der Waals surface area (Å²) in [6.45, 7) is 0. The third-order valence-corrected chi connectivity index (χ3v) is 4.09. The zero-order chi connectivity index (χ0) is 14.7. The predicted molar refractivity (Wildman–Crippen MR) is 76.4 cm³/mol. The zero-order valence-corrected chi connectivity index (χ0v) is 12.5. The van der Waals surface area contributed by atoms with Gasteiger partial charge in [0.1, 0.15) is 10.9 Å². The van der Waals surface area contributed by atoms with Crippen LogP contribution in [-0.4, -0.2) is 17.0 Å². The number of methoxy groups -OCH3 is 1. The van der Waals surface area contributed by atoms with Crippen LogP contribution in [0.3, 0.4) is 0 Å². The first kappa shape index (κ1) is 14.8. The molecule has 9 heteroatoms. The molecule has 1 aromatic heterocycles. The van der Waals surface area contributed by atoms with Crippen molar-refractivity contribution in [3.8, 4) is 16.7 Å². The van der Waals surface area contributed by atoms with Crippen LogP contribution >= 0.6 is 34.5 Å². The van der Waals surface area contributed by atoms with Gasteiger partial charge in [-0.05, 0) is 12.1 Å². The third-order valence-electron chi connectivity index (χ3n) is 2.30. The Morgan fingerprint density at radius 1 is 1.50 bits per heavy atom. The average Bonchev–Trinajstić information content (AvgIpc) is 2.78. The van der Waals surface area contributed by atoms with Crippen LogP contribution in [0, 0.1) is 10.1 Å². The SMILES string of the molecule is COc1ccc(Oc2nc(Cl)c(CCl)s2)cc1[N+](=O)[O-]. The van der Waals surface area contributed by atoms with E-state index in [1.807, 2.05) is 0 Å². The Labute approximate surface area is 128 Å². The van der Waals surface area contributed by atoms with Gasteiger partial charge in [-0.3, -0.25) is 10.1 Å². The highest BCUT2D eigenvalue weighted by molar-refractivity contribution is 7.14. The summed E-state index contributed by atoms with van der Waals surface area (Å²) in [5.41, 5.74) is -0.190. The molecule has 0 saturated carbocycles. The van der Waals surface area contributed by atoms with Gasteiger partial charge in [0.15, 0.2) is 5.75 Å². The summed E-state index contributed by atoms with van der Waals surface area (Å²) in [7, 11) is 1.36. The minimum atomic E-state index is -0.551. The number of nitrogens with zero attached hydrogens (tertiary/aromatic N) is 2. The van der Waals surface area contributed by atoms with Gasteiger partial charge in [-0.15, -0.1) is 11.6 Å². The number of rotatable bonds is 5. The summed E-state index contributed by atoms with van der Waals surface area (Å²) in [6.07, 6.45) is 0. The monoisotopic (exact) mass is 334 g/mol. The van der Waals surface area contributed by atoms with Crippen molar-refractivity contribution in [1.29, 1.82) is 0 Å². The molecule has 106 valence electrons. The molecule has 1 aromatic carbocycles. The van der Waals surface area contributed by atoms with Gasteiger partial charge >= 0.3 is 5.69 Å². The van der Waals surface area contributed by atoms with Crippen LogP contribution in [0.4, 0.5) is 5.69 Å². The first-order chi connectivity index (χ1) is 9.55. The number of hydrogen-bond donors (Lipinski definition) is 0. The van der Waals surface area contributed by atoms with Gasteiger partial charge in [-0.1, -0.05) is 22.9 Å². The lowest BCUT2D eigenvalue weighted by Crippen LogP contribution is -1.94. The van der Waals surface area contributed by atoms with Crippen LogP contribution in [0.1, 0.15) is 4.88 Å². The molecule has 2 rings (SSSR count). The lowest BCUT2D eigenvalue weighted by atomic mass is 10.3. The van der Waals surface area contributed by atoms with E-state index in [0.717, 1.165) is 0 Å². The molecule has 0 fully saturated rings. The van der Waals surface area contributed by atoms with Crippen LogP contribution in [0.2, 0.25) is 5.15 Å². The molecule has 0 radical (unpaired) electrons. The maximum absolute atomic E-state index is 10.9. The number of nitro groups is 1. The highest BCUT2D eigenvalue weighted by atomic mass is 35.5. The largest absolute Gasteiger partial charge is 0.490 e. The van der Waals surface area contributed by atoms with Crippen molar-refractivity contribution >= 4 is 40.2 Å². The minimum Gasteiger partial charge on any atom is -0.490 e. The fourth-order valence-corrected chi connectivity index (χ4v) is 2.75. The molecule has 0 saturated heterocycles. The van der Waals surface area contributed by atoms with E-state index >= 15 is 0 Å². The van der Waals surface area contributed by atoms with Gasteiger partial charge in [0.05, 0.1) is 28.9 Å². The van der Waals surface area contributed by atoms with Gasteiger partial charge < -0.3 is 9.47 Å². The molecule has 0 unspecified atom stereocenters. The molecule has 0 spiro atoms. The van der Waals surface area contributed by atoms with Crippen LogP contribution in [0.5, 0.6) is 16.7 Å². The van der Waals surface area contributed by atoms with Gasteiger partial charge in [-0.2, -0.15) is 4.98 Å². The maximum Gasteiger partial charge on any atom is 0.314 e. The third kappa shape index (κ3) is 3.12. The van der Waals surface area contributed by atoms with Gasteiger partial charge in [0.2, 0.25) is 0 Å². The predicted octanol–water partition coefficient (Wildman–Crippen LogP) is 4.24. The minimum absolute atomic E-state index is 0.154. The fraction of sp³-hybridized carbons (Fsp3) is 0.182. The number of benzene rings is 1. The summed E-state index contributed by atoms with van der Waals surface area (Å²) < 4.78 is 10.3. The Hall–Kier alpha value is -1.57. The highest BCUT2D eigenvalue weighted by Gasteiger charge is 2.17. The smallest absolute Gasteiger partial charge is 0.314 e. The van der Waals surface area contributed by atoms with E-state index in [1.165, 1.54) is 30.6 Å². The van der Waals surface area contributed by atoms with Crippen LogP contribution in [0.25, 0.3) is 0 Å². The normalized spacial score (nSPS) is 10.3. The summed E-state index contributed by atoms with van der Waals surface area (Å²) in [4.78, 5) is 15.0. The van der Waals surface area contributed by atoms with Crippen molar-refractivity contribution in [3.63, 3.8) is 0 Å². The van der Waals surface area contributed by atoms with Crippen molar-refractivity contribution < 1.29 is 14.4 Å². The van der Waals surface area contributed by atoms with Gasteiger partial charge in [-0.25, -0.2) is 0 Å². The molecule has 20 heavy (non-hydrogen) atoms. The Morgan fingerprint density at radius 2 is 2.25 bits per heavy atom. The molecule has 6 nitrogen and oxygen atoms in total. The van der Waals surface area contributed by atoms with Crippen LogP contribution < -0.4 is 9.47 Å². The van der Waals surface area contributed by atoms with Crippen molar-refractivity contribution in [3.05, 3.63) is 38.3 Å². The molecular weight excluding hydrogens is 327 g/mol. The van der Waals surface area contributed by atoms with Crippen LogP contribution in [-0.2, 0) is 5.88 Å². The summed E-state index contributed by atoms with van der Waals surface area (Å²) in [5, 5.41) is 11.4. The fourth-order valence-electron chi connectivity index (χ4n) is 1.42. The van der Waals surface area contributed by atoms with E-state index in [1.54, 1.807) is 6.07 Å². The Balaban J connectivity index is 2.29. The molecule has 0 atom stereocenters. The van der Waals surface area contributed by atoms with Crippen molar-refractivity contribution in [1.82, 2.24) is 4.98 Å². The molecule has 2 aromatic rings. The molecule has 0 N–H and O–H groups in total. The average molecular weight is 335 g/mol. The van der Waals surface area contributed by atoms with E-state index < -0.39 is 4.92 Å². The number of halogens is 2. The molecular formula is C11H8Cl2N2O4S. The number of nitro benzene ring substituents is 1. The number of alkyl halides is 1. The second-order valence-electron chi connectivity index (χ2n) is 3.52. The first-order valence-electron chi connectivity index (χ1n) is 5.26. The van der Waals surface area contributed by atoms with Crippen molar-refractivity contribution in [2.24, 2.45) is 0 Å². The van der Waals surface area contributed by atoms with Crippen LogP contribution in [0.15, 0.2) is 18.2 Å². The van der Waals surface area contributed by atoms with Gasteiger partial charge in [0.25, 0.3) is 5.19 Å². The number of thiazole rings is 1. The first-order valence-corrected chi connectivity index (χ1v) is 6.99. The molecule has 0 aliphatic heterocycles. The van der Waals surface area contributed by atoms with E-state index in [0.29, 0.717) is 4.88 Å². The molecule has 0 aliphatic carbocycles. The molecule has 0 bridgehead atoms. The summed E-state index contributed by atoms with van der Waals surface area (Å²) in [6, 6.07) is 4.25. The summed E-state index contributed by atoms with van der Waals surface area (Å²) >= 11 is 12.7. The summed E-state index contributed by atoms with van der Waals surface area (Å²) in [5.74, 6) is 0.646. The Kier molecular flexibility index (Phi) is 4.64. The Bertz CT molecular complexity index is 647.